The maximum atomic E-state index is 14.1. The first-order chi connectivity index (χ1) is 21.3. The molecular formula is C32H49N6O8. The summed E-state index contributed by atoms with van der Waals surface area (Å²) in [6.07, 6.45) is 0.147. The fourth-order valence-electron chi connectivity index (χ4n) is 4.43. The lowest BCUT2D eigenvalue weighted by atomic mass is 9.88. The molecule has 14 nitrogen and oxygen atoms in total. The highest BCUT2D eigenvalue weighted by molar-refractivity contribution is 6.07. The van der Waals surface area contributed by atoms with E-state index in [0.717, 1.165) is 5.56 Å². The molecule has 0 saturated carbocycles. The molecule has 0 fully saturated rings. The van der Waals surface area contributed by atoms with Crippen molar-refractivity contribution in [1.82, 2.24) is 20.9 Å². The average Bonchev–Trinajstić information content (AvgIpc) is 2.96. The molecule has 0 aliphatic heterocycles. The number of benzene rings is 1. The van der Waals surface area contributed by atoms with E-state index in [0.29, 0.717) is 4.90 Å². The molecule has 0 heterocycles. The molecule has 0 spiro atoms. The van der Waals surface area contributed by atoms with Gasteiger partial charge >= 0.3 is 5.97 Å². The number of hydrogen-bond acceptors (Lipinski definition) is 9. The van der Waals surface area contributed by atoms with Crippen LogP contribution in [0, 0.1) is 17.3 Å². The molecule has 1 aromatic carbocycles. The van der Waals surface area contributed by atoms with Crippen LogP contribution in [0.15, 0.2) is 30.3 Å². The molecule has 0 saturated heterocycles. The summed E-state index contributed by atoms with van der Waals surface area (Å²) in [5, 5.41) is 17.2. The third-order valence-corrected chi connectivity index (χ3v) is 7.04. The molecule has 0 bridgehead atoms. The molecule has 0 unspecified atom stereocenters. The number of aliphatic carboxylic acids is 1. The Bertz CT molecular complexity index is 1230. The van der Waals surface area contributed by atoms with Crippen LogP contribution in [-0.4, -0.2) is 82.0 Å². The average molecular weight is 646 g/mol. The number of hydrogen-bond donors (Lipinski definition) is 6. The Kier molecular flexibility index (Phi) is 15.7. The minimum Gasteiger partial charge on any atom is -0.481 e. The number of nitrogens with one attached hydrogen (secondary N) is 3. The highest BCUT2D eigenvalue weighted by Gasteiger charge is 2.43. The lowest BCUT2D eigenvalue weighted by molar-refractivity contribution is -0.158. The number of carboxylic acids is 1. The predicted octanol–water partition coefficient (Wildman–Crippen LogP) is 0.374. The van der Waals surface area contributed by atoms with Gasteiger partial charge in [-0.25, -0.2) is 0 Å². The molecule has 46 heavy (non-hydrogen) atoms. The summed E-state index contributed by atoms with van der Waals surface area (Å²) in [6.45, 7) is 12.1. The molecule has 0 aliphatic rings. The number of nitrogens with zero attached hydrogens (tertiary/aromatic N) is 1. The van der Waals surface area contributed by atoms with Crippen molar-refractivity contribution < 1.29 is 38.7 Å². The van der Waals surface area contributed by atoms with Gasteiger partial charge in [0, 0.05) is 6.54 Å². The maximum absolute atomic E-state index is 14.1. The van der Waals surface area contributed by atoms with E-state index in [1.165, 1.54) is 0 Å². The summed E-state index contributed by atoms with van der Waals surface area (Å²) in [6, 6.07) is 1.57. The van der Waals surface area contributed by atoms with Crippen LogP contribution in [-0.2, 0) is 40.1 Å². The van der Waals surface area contributed by atoms with Gasteiger partial charge in [0.25, 0.3) is 5.91 Å². The molecule has 14 heteroatoms. The first kappa shape index (κ1) is 39.9. The second-order valence-electron chi connectivity index (χ2n) is 13.2. The second-order valence-corrected chi connectivity index (χ2v) is 13.2. The van der Waals surface area contributed by atoms with Crippen molar-refractivity contribution in [2.45, 2.75) is 104 Å². The van der Waals surface area contributed by atoms with Crippen molar-refractivity contribution in [3.8, 4) is 0 Å². The SMILES string of the molecule is CC(C)[C@H](N)C(=O)N[C@H](C(=O)N(C(=O)[C@@H](N)CC(=O)NCc1ccccc1)[C@@H](CC(=O)O)C(=O)N[C@H]([C]=O)CC(C)(C)C)C(C)C. The summed E-state index contributed by atoms with van der Waals surface area (Å²) in [5.74, 6) is -7.36. The lowest BCUT2D eigenvalue weighted by Gasteiger charge is -2.35. The number of carbonyl (C=O) groups is 6. The molecule has 8 N–H and O–H groups in total. The van der Waals surface area contributed by atoms with Gasteiger partial charge in [0.05, 0.1) is 31.0 Å². The van der Waals surface area contributed by atoms with Crippen LogP contribution in [0.5, 0.6) is 0 Å². The summed E-state index contributed by atoms with van der Waals surface area (Å²) < 4.78 is 0. The summed E-state index contributed by atoms with van der Waals surface area (Å²) in [7, 11) is 0. The van der Waals surface area contributed by atoms with E-state index in [1.54, 1.807) is 85.1 Å². The van der Waals surface area contributed by atoms with Crippen molar-refractivity contribution in [3.05, 3.63) is 35.9 Å². The molecule has 1 aromatic rings. The Morgan fingerprint density at radius 2 is 1.46 bits per heavy atom. The number of carbonyl (C=O) groups excluding carboxylic acids is 6. The second kappa shape index (κ2) is 18.1. The first-order valence-electron chi connectivity index (χ1n) is 15.2. The van der Waals surface area contributed by atoms with Crippen LogP contribution in [0.25, 0.3) is 0 Å². The maximum Gasteiger partial charge on any atom is 0.306 e. The van der Waals surface area contributed by atoms with E-state index < -0.39 is 89.9 Å². The summed E-state index contributed by atoms with van der Waals surface area (Å²) in [5.41, 5.74) is 12.4. The topological polar surface area (TPSA) is 231 Å². The third kappa shape index (κ3) is 13.1. The molecule has 0 aromatic heterocycles. The standard InChI is InChI=1S/C32H49N6O8/c1-18(2)26(34)29(44)37-27(19(3)4)31(46)38(23(14-25(41)42)28(43)36-21(17-39)15-32(5,6)7)30(45)22(33)13-24(40)35-16-20-11-9-8-10-12-20/h8-12,18-19,21-23,26-27H,13-16,33-34H2,1-7H3,(H,35,40)(H,36,43)(H,37,44)(H,41,42)/t21-,22-,23-,26-,27-/m0/s1. The monoisotopic (exact) mass is 645 g/mol. The van der Waals surface area contributed by atoms with E-state index in [2.05, 4.69) is 16.0 Å². The third-order valence-electron chi connectivity index (χ3n) is 7.04. The Hall–Kier alpha value is -4.17. The van der Waals surface area contributed by atoms with Gasteiger partial charge in [0.1, 0.15) is 12.1 Å². The Balaban J connectivity index is 3.53. The number of amides is 5. The van der Waals surface area contributed by atoms with Crippen molar-refractivity contribution >= 4 is 41.8 Å². The quantitative estimate of drug-likeness (QED) is 0.136. The number of nitrogens with two attached hydrogens (primary N) is 2. The van der Waals surface area contributed by atoms with Gasteiger partial charge in [-0.2, -0.15) is 0 Å². The van der Waals surface area contributed by atoms with E-state index in [4.69, 9.17) is 11.5 Å². The zero-order valence-electron chi connectivity index (χ0n) is 27.7. The van der Waals surface area contributed by atoms with Crippen molar-refractivity contribution in [1.29, 1.82) is 0 Å². The van der Waals surface area contributed by atoms with Crippen molar-refractivity contribution in [3.63, 3.8) is 0 Å². The van der Waals surface area contributed by atoms with E-state index in [1.807, 2.05) is 0 Å². The molecule has 1 radical (unpaired) electrons. The fraction of sp³-hybridized carbons (Fsp3) is 0.594. The Labute approximate surface area is 270 Å². The normalized spacial score (nSPS) is 14.8. The van der Waals surface area contributed by atoms with Crippen LogP contribution in [0.1, 0.15) is 73.3 Å². The Morgan fingerprint density at radius 3 is 1.93 bits per heavy atom. The molecule has 5 amide bonds. The van der Waals surface area contributed by atoms with Gasteiger partial charge in [0.15, 0.2) is 0 Å². The van der Waals surface area contributed by atoms with Gasteiger partial charge < -0.3 is 32.5 Å². The van der Waals surface area contributed by atoms with Crippen LogP contribution < -0.4 is 27.4 Å². The molecular weight excluding hydrogens is 596 g/mol. The van der Waals surface area contributed by atoms with Gasteiger partial charge in [-0.1, -0.05) is 78.8 Å². The van der Waals surface area contributed by atoms with E-state index in [-0.39, 0.29) is 18.9 Å². The zero-order valence-corrected chi connectivity index (χ0v) is 27.7. The minimum absolute atomic E-state index is 0.114. The number of imide groups is 1. The fourth-order valence-corrected chi connectivity index (χ4v) is 4.43. The summed E-state index contributed by atoms with van der Waals surface area (Å²) in [4.78, 5) is 91.2. The largest absolute Gasteiger partial charge is 0.481 e. The highest BCUT2D eigenvalue weighted by atomic mass is 16.4. The lowest BCUT2D eigenvalue weighted by Crippen LogP contribution is -2.64. The van der Waals surface area contributed by atoms with Gasteiger partial charge in [-0.05, 0) is 29.2 Å². The molecule has 1 rings (SSSR count). The number of carboxylic acid groups (broad SMARTS) is 1. The summed E-state index contributed by atoms with van der Waals surface area (Å²) >= 11 is 0. The van der Waals surface area contributed by atoms with E-state index in [9.17, 15) is 38.7 Å². The van der Waals surface area contributed by atoms with E-state index >= 15 is 0 Å². The zero-order chi connectivity index (χ0) is 35.4. The first-order valence-corrected chi connectivity index (χ1v) is 15.2. The Morgan fingerprint density at radius 1 is 0.870 bits per heavy atom. The van der Waals surface area contributed by atoms with Gasteiger partial charge in [-0.3, -0.25) is 38.5 Å². The minimum atomic E-state index is -2.00. The number of rotatable bonds is 17. The molecule has 5 atom stereocenters. The highest BCUT2D eigenvalue weighted by Crippen LogP contribution is 2.21. The van der Waals surface area contributed by atoms with Crippen molar-refractivity contribution in [2.75, 3.05) is 0 Å². The van der Waals surface area contributed by atoms with Crippen LogP contribution >= 0.6 is 0 Å². The van der Waals surface area contributed by atoms with Gasteiger partial charge in [0.2, 0.25) is 29.9 Å². The van der Waals surface area contributed by atoms with Crippen LogP contribution in [0.3, 0.4) is 0 Å². The van der Waals surface area contributed by atoms with Crippen molar-refractivity contribution in [2.24, 2.45) is 28.7 Å². The molecule has 0 aliphatic carbocycles. The van der Waals surface area contributed by atoms with Crippen LogP contribution in [0.4, 0.5) is 0 Å². The smallest absolute Gasteiger partial charge is 0.306 e. The van der Waals surface area contributed by atoms with Crippen LogP contribution in [0.2, 0.25) is 0 Å². The predicted molar refractivity (Wildman–Crippen MR) is 170 cm³/mol. The van der Waals surface area contributed by atoms with Gasteiger partial charge in [-0.15, -0.1) is 0 Å². The molecule has 255 valence electrons.